The van der Waals surface area contributed by atoms with Crippen LogP contribution in [0.4, 0.5) is 5.88 Å². The highest BCUT2D eigenvalue weighted by Gasteiger charge is 2.30. The number of amides is 1. The maximum absolute atomic E-state index is 13.7. The molecule has 6 nitrogen and oxygen atoms in total. The molecule has 1 fully saturated rings. The van der Waals surface area contributed by atoms with Crippen LogP contribution in [0.3, 0.4) is 0 Å². The SMILES string of the molecule is CC[C@@H](C)N(Cc1c(-c2ccccc2)noc1N1CCC(C)CC1)C(=O)c1cccc(OC)c1. The Morgan fingerprint density at radius 2 is 1.91 bits per heavy atom. The molecule has 6 heteroatoms. The Morgan fingerprint density at radius 3 is 2.59 bits per heavy atom. The highest BCUT2D eigenvalue weighted by atomic mass is 16.5. The van der Waals surface area contributed by atoms with Crippen molar-refractivity contribution in [3.8, 4) is 17.0 Å². The molecule has 2 aromatic carbocycles. The maximum Gasteiger partial charge on any atom is 0.254 e. The molecule has 0 saturated carbocycles. The van der Waals surface area contributed by atoms with Gasteiger partial charge in [0, 0.05) is 30.3 Å². The van der Waals surface area contributed by atoms with Crippen molar-refractivity contribution in [2.45, 2.75) is 52.6 Å². The van der Waals surface area contributed by atoms with Gasteiger partial charge in [-0.2, -0.15) is 0 Å². The fraction of sp³-hybridized carbons (Fsp3) is 0.429. The number of benzene rings is 2. The van der Waals surface area contributed by atoms with E-state index >= 15 is 0 Å². The third-order valence-electron chi connectivity index (χ3n) is 6.91. The molecule has 0 radical (unpaired) electrons. The van der Waals surface area contributed by atoms with E-state index in [1.54, 1.807) is 13.2 Å². The van der Waals surface area contributed by atoms with E-state index in [-0.39, 0.29) is 11.9 Å². The molecule has 4 rings (SSSR count). The first-order chi connectivity index (χ1) is 16.5. The van der Waals surface area contributed by atoms with Gasteiger partial charge < -0.3 is 19.1 Å². The second-order valence-corrected chi connectivity index (χ2v) is 9.27. The third-order valence-corrected chi connectivity index (χ3v) is 6.91. The Labute approximate surface area is 202 Å². The summed E-state index contributed by atoms with van der Waals surface area (Å²) in [4.78, 5) is 17.9. The van der Waals surface area contributed by atoms with Gasteiger partial charge in [-0.05, 0) is 50.3 Å². The van der Waals surface area contributed by atoms with Crippen molar-refractivity contribution in [2.75, 3.05) is 25.1 Å². The van der Waals surface area contributed by atoms with Crippen molar-refractivity contribution in [3.63, 3.8) is 0 Å². The minimum absolute atomic E-state index is 0.0216. The van der Waals surface area contributed by atoms with Crippen molar-refractivity contribution in [1.29, 1.82) is 0 Å². The molecule has 1 saturated heterocycles. The lowest BCUT2D eigenvalue weighted by atomic mass is 9.98. The first-order valence-electron chi connectivity index (χ1n) is 12.3. The van der Waals surface area contributed by atoms with Crippen LogP contribution in [-0.4, -0.2) is 42.2 Å². The highest BCUT2D eigenvalue weighted by Crippen LogP contribution is 2.35. The Kier molecular flexibility index (Phi) is 7.56. The molecule has 3 aromatic rings. The molecule has 0 spiro atoms. The minimum Gasteiger partial charge on any atom is -0.497 e. The number of carbonyl (C=O) groups excluding carboxylic acids is 1. The lowest BCUT2D eigenvalue weighted by Gasteiger charge is -2.32. The van der Waals surface area contributed by atoms with Crippen LogP contribution in [-0.2, 0) is 6.54 Å². The molecule has 1 aromatic heterocycles. The molecule has 2 heterocycles. The molecule has 34 heavy (non-hydrogen) atoms. The van der Waals surface area contributed by atoms with E-state index in [4.69, 9.17) is 9.26 Å². The molecular weight excluding hydrogens is 426 g/mol. The van der Waals surface area contributed by atoms with Crippen LogP contribution >= 0.6 is 0 Å². The average molecular weight is 462 g/mol. The third kappa shape index (κ3) is 5.11. The van der Waals surface area contributed by atoms with E-state index in [9.17, 15) is 4.79 Å². The fourth-order valence-electron chi connectivity index (χ4n) is 4.47. The molecule has 1 atom stereocenters. The van der Waals surface area contributed by atoms with E-state index in [0.717, 1.165) is 55.1 Å². The normalized spacial score (nSPS) is 15.2. The number of ether oxygens (including phenoxy) is 1. The second-order valence-electron chi connectivity index (χ2n) is 9.27. The van der Waals surface area contributed by atoms with Crippen molar-refractivity contribution in [3.05, 3.63) is 65.7 Å². The average Bonchev–Trinajstić information content (AvgIpc) is 3.31. The number of piperidine rings is 1. The van der Waals surface area contributed by atoms with Gasteiger partial charge >= 0.3 is 0 Å². The van der Waals surface area contributed by atoms with Crippen molar-refractivity contribution in [2.24, 2.45) is 5.92 Å². The van der Waals surface area contributed by atoms with Gasteiger partial charge in [0.2, 0.25) is 5.88 Å². The smallest absolute Gasteiger partial charge is 0.254 e. The van der Waals surface area contributed by atoms with Gasteiger partial charge in [0.05, 0.1) is 19.2 Å². The van der Waals surface area contributed by atoms with E-state index in [1.165, 1.54) is 0 Å². The number of hydrogen-bond acceptors (Lipinski definition) is 5. The largest absolute Gasteiger partial charge is 0.497 e. The Morgan fingerprint density at radius 1 is 1.18 bits per heavy atom. The molecule has 0 aliphatic carbocycles. The molecular formula is C28H35N3O3. The maximum atomic E-state index is 13.7. The van der Waals surface area contributed by atoms with Crippen LogP contribution in [0.2, 0.25) is 0 Å². The zero-order valence-corrected chi connectivity index (χ0v) is 20.7. The quantitative estimate of drug-likeness (QED) is 0.410. The van der Waals surface area contributed by atoms with Crippen LogP contribution in [0, 0.1) is 5.92 Å². The summed E-state index contributed by atoms with van der Waals surface area (Å²) in [6.07, 6.45) is 3.09. The number of aromatic nitrogens is 1. The topological polar surface area (TPSA) is 58.8 Å². The van der Waals surface area contributed by atoms with E-state index < -0.39 is 0 Å². The number of nitrogens with zero attached hydrogens (tertiary/aromatic N) is 3. The summed E-state index contributed by atoms with van der Waals surface area (Å²) in [6, 6.07) is 17.5. The van der Waals surface area contributed by atoms with Crippen LogP contribution in [0.5, 0.6) is 5.75 Å². The summed E-state index contributed by atoms with van der Waals surface area (Å²) in [6.45, 7) is 8.80. The monoisotopic (exact) mass is 461 g/mol. The van der Waals surface area contributed by atoms with Gasteiger partial charge in [0.15, 0.2) is 0 Å². The second kappa shape index (κ2) is 10.8. The van der Waals surface area contributed by atoms with Gasteiger partial charge in [-0.25, -0.2) is 0 Å². The molecule has 1 amide bonds. The van der Waals surface area contributed by atoms with Crippen LogP contribution < -0.4 is 9.64 Å². The predicted molar refractivity (Wildman–Crippen MR) is 135 cm³/mol. The fourth-order valence-corrected chi connectivity index (χ4v) is 4.47. The summed E-state index contributed by atoms with van der Waals surface area (Å²) in [5, 5.41) is 4.50. The summed E-state index contributed by atoms with van der Waals surface area (Å²) < 4.78 is 11.3. The Balaban J connectivity index is 1.73. The number of hydrogen-bond donors (Lipinski definition) is 0. The predicted octanol–water partition coefficient (Wildman–Crippen LogP) is 6.03. The molecule has 1 aliphatic heterocycles. The first kappa shape index (κ1) is 23.9. The molecule has 0 unspecified atom stereocenters. The molecule has 180 valence electrons. The summed E-state index contributed by atoms with van der Waals surface area (Å²) in [7, 11) is 1.62. The minimum atomic E-state index is -0.0216. The van der Waals surface area contributed by atoms with Crippen LogP contribution in [0.25, 0.3) is 11.3 Å². The Hall–Kier alpha value is -3.28. The molecule has 1 aliphatic rings. The van der Waals surface area contributed by atoms with Gasteiger partial charge in [0.1, 0.15) is 11.4 Å². The van der Waals surface area contributed by atoms with Crippen molar-refractivity contribution >= 4 is 11.8 Å². The zero-order valence-electron chi connectivity index (χ0n) is 20.7. The molecule has 0 bridgehead atoms. The van der Waals surface area contributed by atoms with Crippen molar-refractivity contribution < 1.29 is 14.1 Å². The van der Waals surface area contributed by atoms with E-state index in [1.807, 2.05) is 53.4 Å². The lowest BCUT2D eigenvalue weighted by Crippen LogP contribution is -2.39. The van der Waals surface area contributed by atoms with Gasteiger partial charge in [-0.1, -0.05) is 55.4 Å². The Bertz CT molecular complexity index is 1090. The summed E-state index contributed by atoms with van der Waals surface area (Å²) >= 11 is 0. The highest BCUT2D eigenvalue weighted by molar-refractivity contribution is 5.95. The first-order valence-corrected chi connectivity index (χ1v) is 12.3. The summed E-state index contributed by atoms with van der Waals surface area (Å²) in [5.74, 6) is 2.15. The van der Waals surface area contributed by atoms with Crippen LogP contribution in [0.1, 0.15) is 56.0 Å². The lowest BCUT2D eigenvalue weighted by molar-refractivity contribution is 0.0671. The van der Waals surface area contributed by atoms with E-state index in [2.05, 4.69) is 30.8 Å². The standard InChI is InChI=1S/C28H35N3O3/c1-5-21(3)31(27(32)23-12-9-13-24(18-23)33-4)19-25-26(22-10-7-6-8-11-22)29-34-28(25)30-16-14-20(2)15-17-30/h6-13,18,20-21H,5,14-17,19H2,1-4H3/t21-/m1/s1. The molecule has 0 N–H and O–H groups in total. The van der Waals surface area contributed by atoms with Crippen molar-refractivity contribution in [1.82, 2.24) is 10.1 Å². The van der Waals surface area contributed by atoms with Gasteiger partial charge in [-0.3, -0.25) is 4.79 Å². The number of methoxy groups -OCH3 is 1. The number of rotatable bonds is 8. The number of carbonyl (C=O) groups is 1. The van der Waals surface area contributed by atoms with Crippen LogP contribution in [0.15, 0.2) is 59.1 Å². The van der Waals surface area contributed by atoms with Gasteiger partial charge in [-0.15, -0.1) is 0 Å². The number of anilines is 1. The van der Waals surface area contributed by atoms with E-state index in [0.29, 0.717) is 23.8 Å². The summed E-state index contributed by atoms with van der Waals surface area (Å²) in [5.41, 5.74) is 3.39. The zero-order chi connectivity index (χ0) is 24.1. The van der Waals surface area contributed by atoms with Gasteiger partial charge in [0.25, 0.3) is 5.91 Å².